The highest BCUT2D eigenvalue weighted by atomic mass is 16.5. The van der Waals surface area contributed by atoms with Gasteiger partial charge in [0.25, 0.3) is 0 Å². The summed E-state index contributed by atoms with van der Waals surface area (Å²) in [6.07, 6.45) is 2.35. The molecule has 0 radical (unpaired) electrons. The van der Waals surface area contributed by atoms with Crippen molar-refractivity contribution in [2.45, 2.75) is 39.2 Å². The van der Waals surface area contributed by atoms with E-state index in [-0.39, 0.29) is 17.4 Å². The van der Waals surface area contributed by atoms with Crippen molar-refractivity contribution in [2.75, 3.05) is 7.11 Å². The van der Waals surface area contributed by atoms with Gasteiger partial charge in [-0.25, -0.2) is 0 Å². The maximum atomic E-state index is 12.5. The van der Waals surface area contributed by atoms with Gasteiger partial charge in [-0.3, -0.25) is 4.79 Å². The summed E-state index contributed by atoms with van der Waals surface area (Å²) in [5.41, 5.74) is 5.35. The largest absolute Gasteiger partial charge is 0.497 e. The Balaban J connectivity index is 1.77. The Hall–Kier alpha value is -1.84. The molecule has 0 bridgehead atoms. The first kappa shape index (κ1) is 14.1. The van der Waals surface area contributed by atoms with Gasteiger partial charge in [0.1, 0.15) is 11.5 Å². The van der Waals surface area contributed by atoms with E-state index < -0.39 is 0 Å². The molecule has 3 rings (SSSR count). The number of nitrogens with zero attached hydrogens (tertiary/aromatic N) is 1. The van der Waals surface area contributed by atoms with Crippen LogP contribution >= 0.6 is 0 Å². The van der Waals surface area contributed by atoms with Crippen LogP contribution in [0.3, 0.4) is 0 Å². The van der Waals surface area contributed by atoms with E-state index in [0.29, 0.717) is 18.6 Å². The van der Waals surface area contributed by atoms with Gasteiger partial charge >= 0.3 is 0 Å². The number of carbonyl (C=O) groups excluding carboxylic acids is 1. The van der Waals surface area contributed by atoms with Crippen molar-refractivity contribution in [1.82, 2.24) is 5.43 Å². The molecule has 1 aliphatic carbocycles. The van der Waals surface area contributed by atoms with E-state index in [9.17, 15) is 4.79 Å². The second-order valence-corrected chi connectivity index (χ2v) is 6.86. The molecule has 1 N–H and O–H groups in total. The minimum atomic E-state index is -0.0516. The van der Waals surface area contributed by atoms with Crippen molar-refractivity contribution in [3.63, 3.8) is 0 Å². The van der Waals surface area contributed by atoms with Crippen LogP contribution in [-0.2, 0) is 11.2 Å². The Labute approximate surface area is 125 Å². The van der Waals surface area contributed by atoms with E-state index in [4.69, 9.17) is 4.74 Å². The maximum absolute atomic E-state index is 12.5. The molecule has 21 heavy (non-hydrogen) atoms. The lowest BCUT2D eigenvalue weighted by molar-refractivity contribution is -0.126. The standard InChI is InChI=1S/C17H22N2O2/c1-17(2)9-14-16(15(20)10-17)13(18-19-14)8-11-5-4-6-12(7-11)21-3/h4-7,14,16,19H,8-10H2,1-3H3/t14-,16+/m1/s1. The molecule has 1 aliphatic heterocycles. The van der Waals surface area contributed by atoms with E-state index >= 15 is 0 Å². The SMILES string of the molecule is COc1cccc(CC2=NN[C@@H]3CC(C)(C)CC(=O)[C@@H]23)c1. The molecule has 4 heteroatoms. The molecule has 0 saturated heterocycles. The summed E-state index contributed by atoms with van der Waals surface area (Å²) in [5.74, 6) is 1.11. The number of carbonyl (C=O) groups is 1. The lowest BCUT2D eigenvalue weighted by Crippen LogP contribution is -2.45. The number of rotatable bonds is 3. The quantitative estimate of drug-likeness (QED) is 0.929. The van der Waals surface area contributed by atoms with Crippen molar-refractivity contribution >= 4 is 11.5 Å². The highest BCUT2D eigenvalue weighted by molar-refractivity contribution is 6.08. The van der Waals surface area contributed by atoms with Crippen LogP contribution in [-0.4, -0.2) is 24.6 Å². The number of hydrazone groups is 1. The van der Waals surface area contributed by atoms with Gasteiger partial charge in [0.15, 0.2) is 0 Å². The van der Waals surface area contributed by atoms with Gasteiger partial charge in [-0.15, -0.1) is 0 Å². The van der Waals surface area contributed by atoms with Gasteiger partial charge in [0.2, 0.25) is 0 Å². The molecule has 4 nitrogen and oxygen atoms in total. The van der Waals surface area contributed by atoms with E-state index in [1.165, 1.54) is 0 Å². The van der Waals surface area contributed by atoms with Gasteiger partial charge in [-0.1, -0.05) is 26.0 Å². The zero-order valence-electron chi connectivity index (χ0n) is 12.8. The predicted molar refractivity (Wildman–Crippen MR) is 82.6 cm³/mol. The Morgan fingerprint density at radius 1 is 1.43 bits per heavy atom. The molecule has 0 aromatic heterocycles. The molecule has 0 unspecified atom stereocenters. The molecule has 2 atom stereocenters. The van der Waals surface area contributed by atoms with E-state index in [2.05, 4.69) is 30.4 Å². The van der Waals surface area contributed by atoms with Crippen molar-refractivity contribution in [3.05, 3.63) is 29.8 Å². The third-order valence-electron chi connectivity index (χ3n) is 4.43. The fraction of sp³-hybridized carbons (Fsp3) is 0.529. The van der Waals surface area contributed by atoms with Crippen LogP contribution in [0, 0.1) is 11.3 Å². The topological polar surface area (TPSA) is 50.7 Å². The van der Waals surface area contributed by atoms with Crippen LogP contribution in [0.4, 0.5) is 0 Å². The van der Waals surface area contributed by atoms with Gasteiger partial charge in [-0.2, -0.15) is 5.10 Å². The molecule has 1 aromatic rings. The number of hydrogen-bond acceptors (Lipinski definition) is 4. The molecule has 1 heterocycles. The van der Waals surface area contributed by atoms with Crippen LogP contribution < -0.4 is 10.2 Å². The molecule has 112 valence electrons. The summed E-state index contributed by atoms with van der Waals surface area (Å²) < 4.78 is 5.25. The molecule has 0 spiro atoms. The number of hydrogen-bond donors (Lipinski definition) is 1. The van der Waals surface area contributed by atoms with Crippen molar-refractivity contribution in [2.24, 2.45) is 16.4 Å². The first-order valence-corrected chi connectivity index (χ1v) is 7.46. The lowest BCUT2D eigenvalue weighted by atomic mass is 9.68. The predicted octanol–water partition coefficient (Wildman–Crippen LogP) is 2.57. The molecule has 1 fully saturated rings. The van der Waals surface area contributed by atoms with Crippen LogP contribution in [0.15, 0.2) is 29.4 Å². The normalized spacial score (nSPS) is 26.8. The Bertz CT molecular complexity index is 592. The number of fused-ring (bicyclic) bond motifs is 1. The van der Waals surface area contributed by atoms with Crippen LogP contribution in [0.25, 0.3) is 0 Å². The maximum Gasteiger partial charge on any atom is 0.144 e. The molecule has 1 saturated carbocycles. The van der Waals surface area contributed by atoms with Crippen molar-refractivity contribution in [1.29, 1.82) is 0 Å². The average Bonchev–Trinajstić information content (AvgIpc) is 2.80. The monoisotopic (exact) mass is 286 g/mol. The second kappa shape index (κ2) is 5.17. The molecular formula is C17H22N2O2. The second-order valence-electron chi connectivity index (χ2n) is 6.86. The van der Waals surface area contributed by atoms with Crippen LogP contribution in [0.5, 0.6) is 5.75 Å². The number of ether oxygens (including phenoxy) is 1. The summed E-state index contributed by atoms with van der Waals surface area (Å²) in [6, 6.07) is 8.13. The summed E-state index contributed by atoms with van der Waals surface area (Å²) in [5, 5.41) is 4.45. The fourth-order valence-electron chi connectivity index (χ4n) is 3.51. The van der Waals surface area contributed by atoms with Gasteiger partial charge in [-0.05, 0) is 29.5 Å². The first-order chi connectivity index (χ1) is 9.98. The van der Waals surface area contributed by atoms with E-state index in [1.807, 2.05) is 18.2 Å². The Morgan fingerprint density at radius 2 is 2.24 bits per heavy atom. The highest BCUT2D eigenvalue weighted by Crippen LogP contribution is 2.39. The minimum Gasteiger partial charge on any atom is -0.497 e. The first-order valence-electron chi connectivity index (χ1n) is 7.46. The van der Waals surface area contributed by atoms with Crippen molar-refractivity contribution in [3.8, 4) is 5.75 Å². The Morgan fingerprint density at radius 3 is 3.00 bits per heavy atom. The highest BCUT2D eigenvalue weighted by Gasteiger charge is 2.45. The minimum absolute atomic E-state index is 0.0516. The summed E-state index contributed by atoms with van der Waals surface area (Å²) in [7, 11) is 1.66. The number of Topliss-reactive ketones (excluding diaryl/α,β-unsaturated/α-hetero) is 1. The van der Waals surface area contributed by atoms with Gasteiger partial charge in [0.05, 0.1) is 24.8 Å². The van der Waals surface area contributed by atoms with E-state index in [1.54, 1.807) is 7.11 Å². The number of benzene rings is 1. The average molecular weight is 286 g/mol. The zero-order valence-corrected chi connectivity index (χ0v) is 12.8. The number of ketones is 1. The van der Waals surface area contributed by atoms with Gasteiger partial charge in [0, 0.05) is 12.8 Å². The van der Waals surface area contributed by atoms with Crippen LogP contribution in [0.2, 0.25) is 0 Å². The lowest BCUT2D eigenvalue weighted by Gasteiger charge is -2.36. The van der Waals surface area contributed by atoms with E-state index in [0.717, 1.165) is 23.4 Å². The fourth-order valence-corrected chi connectivity index (χ4v) is 3.51. The molecular weight excluding hydrogens is 264 g/mol. The molecule has 2 aliphatic rings. The zero-order chi connectivity index (χ0) is 15.0. The molecule has 1 aromatic carbocycles. The summed E-state index contributed by atoms with van der Waals surface area (Å²) in [4.78, 5) is 12.5. The summed E-state index contributed by atoms with van der Waals surface area (Å²) >= 11 is 0. The smallest absolute Gasteiger partial charge is 0.144 e. The number of nitrogens with one attached hydrogen (secondary N) is 1. The van der Waals surface area contributed by atoms with Gasteiger partial charge < -0.3 is 10.2 Å². The Kier molecular flexibility index (Phi) is 3.47. The van der Waals surface area contributed by atoms with Crippen molar-refractivity contribution < 1.29 is 9.53 Å². The third kappa shape index (κ3) is 2.80. The van der Waals surface area contributed by atoms with Crippen LogP contribution in [0.1, 0.15) is 32.3 Å². The molecule has 0 amide bonds. The summed E-state index contributed by atoms with van der Waals surface area (Å²) in [6.45, 7) is 4.31. The third-order valence-corrected chi connectivity index (χ3v) is 4.43. The number of methoxy groups -OCH3 is 1.